The molecular weight excluding hydrogens is 439 g/mol. The molecule has 0 aromatic rings. The van der Waals surface area contributed by atoms with Gasteiger partial charge in [-0.05, 0) is 63.2 Å². The monoisotopic (exact) mass is 480 g/mol. The molecule has 2 aliphatic rings. The van der Waals surface area contributed by atoms with Crippen molar-refractivity contribution in [2.45, 2.75) is 65.3 Å². The van der Waals surface area contributed by atoms with Gasteiger partial charge in [0.25, 0.3) is 0 Å². The van der Waals surface area contributed by atoms with Crippen LogP contribution in [0.5, 0.6) is 0 Å². The Hall–Kier alpha value is -0.0800. The largest absolute Gasteiger partial charge is 0.396 e. The Morgan fingerprint density at radius 2 is 1.92 bits per heavy atom. The van der Waals surface area contributed by atoms with E-state index in [-0.39, 0.29) is 30.6 Å². The molecule has 0 saturated heterocycles. The zero-order valence-electron chi connectivity index (χ0n) is 17.0. The molecule has 0 spiro atoms. The van der Waals surface area contributed by atoms with Gasteiger partial charge in [-0.1, -0.05) is 13.8 Å². The van der Waals surface area contributed by atoms with Gasteiger partial charge in [-0.2, -0.15) is 0 Å². The van der Waals surface area contributed by atoms with Crippen LogP contribution in [-0.2, 0) is 0 Å². The van der Waals surface area contributed by atoms with Crippen LogP contribution in [0.2, 0.25) is 0 Å². The van der Waals surface area contributed by atoms with Gasteiger partial charge in [0.1, 0.15) is 0 Å². The van der Waals surface area contributed by atoms with Crippen LogP contribution in [0.3, 0.4) is 0 Å². The fraction of sp³-hybridized carbons (Fsp3) is 0.950. The van der Waals surface area contributed by atoms with Crippen molar-refractivity contribution in [2.75, 3.05) is 39.3 Å². The third-order valence-electron chi connectivity index (χ3n) is 5.14. The van der Waals surface area contributed by atoms with Crippen LogP contribution in [0, 0.1) is 17.8 Å². The first-order chi connectivity index (χ1) is 12.1. The molecule has 0 aromatic heterocycles. The minimum absolute atomic E-state index is 0. The molecule has 0 heterocycles. The predicted molar refractivity (Wildman–Crippen MR) is 121 cm³/mol. The van der Waals surface area contributed by atoms with Gasteiger partial charge in [0.05, 0.1) is 0 Å². The fourth-order valence-electron chi connectivity index (χ4n) is 3.51. The summed E-state index contributed by atoms with van der Waals surface area (Å²) in [5.74, 6) is 3.02. The van der Waals surface area contributed by atoms with Crippen LogP contribution in [0.15, 0.2) is 4.99 Å². The molecule has 2 aliphatic carbocycles. The molecule has 0 bridgehead atoms. The Labute approximate surface area is 177 Å². The maximum atomic E-state index is 9.27. The van der Waals surface area contributed by atoms with Crippen molar-refractivity contribution >= 4 is 29.9 Å². The van der Waals surface area contributed by atoms with E-state index in [4.69, 9.17) is 4.99 Å². The zero-order chi connectivity index (χ0) is 18.1. The van der Waals surface area contributed by atoms with Crippen LogP contribution >= 0.6 is 24.0 Å². The minimum Gasteiger partial charge on any atom is -0.396 e. The topological polar surface area (TPSA) is 59.9 Å². The number of aliphatic imine (C=N–C) groups is 1. The Balaban J connectivity index is 0.00000338. The third-order valence-corrected chi connectivity index (χ3v) is 5.14. The quantitative estimate of drug-likeness (QED) is 0.216. The van der Waals surface area contributed by atoms with E-state index in [0.29, 0.717) is 11.8 Å². The van der Waals surface area contributed by atoms with Crippen molar-refractivity contribution < 1.29 is 5.11 Å². The lowest BCUT2D eigenvalue weighted by molar-refractivity contribution is 0.245. The summed E-state index contributed by atoms with van der Waals surface area (Å²) in [6, 6.07) is 0.849. The van der Waals surface area contributed by atoms with E-state index >= 15 is 0 Å². The van der Waals surface area contributed by atoms with Crippen molar-refractivity contribution in [3.05, 3.63) is 0 Å². The van der Waals surface area contributed by atoms with Gasteiger partial charge >= 0.3 is 0 Å². The van der Waals surface area contributed by atoms with Crippen LogP contribution in [0.1, 0.15) is 59.3 Å². The summed E-state index contributed by atoms with van der Waals surface area (Å²) in [7, 11) is 0. The molecule has 154 valence electrons. The van der Waals surface area contributed by atoms with Crippen molar-refractivity contribution in [1.29, 1.82) is 0 Å². The first-order valence-corrected chi connectivity index (χ1v) is 10.5. The lowest BCUT2D eigenvalue weighted by atomic mass is 9.94. The molecule has 2 fully saturated rings. The minimum atomic E-state index is 0. The molecule has 0 aliphatic heterocycles. The summed E-state index contributed by atoms with van der Waals surface area (Å²) in [5.41, 5.74) is 0. The molecule has 2 rings (SSSR count). The number of hydrogen-bond donors (Lipinski definition) is 3. The number of nitrogens with one attached hydrogen (secondary N) is 2. The highest BCUT2D eigenvalue weighted by atomic mass is 127. The molecule has 26 heavy (non-hydrogen) atoms. The molecular formula is C20H41IN4O. The molecule has 1 atom stereocenters. The molecule has 6 heteroatoms. The number of aliphatic hydroxyl groups is 1. The molecule has 0 aromatic carbocycles. The molecule has 1 unspecified atom stereocenters. The summed E-state index contributed by atoms with van der Waals surface area (Å²) in [4.78, 5) is 7.46. The highest BCUT2D eigenvalue weighted by molar-refractivity contribution is 14.0. The number of hydrogen-bond acceptors (Lipinski definition) is 3. The first-order valence-electron chi connectivity index (χ1n) is 10.5. The summed E-state index contributed by atoms with van der Waals surface area (Å²) in [6.07, 6.45) is 7.61. The summed E-state index contributed by atoms with van der Waals surface area (Å²) < 4.78 is 0. The van der Waals surface area contributed by atoms with E-state index in [1.807, 2.05) is 0 Å². The summed E-state index contributed by atoms with van der Waals surface area (Å²) in [5, 5.41) is 16.1. The van der Waals surface area contributed by atoms with Crippen LogP contribution in [-0.4, -0.2) is 61.3 Å². The van der Waals surface area contributed by atoms with Gasteiger partial charge < -0.3 is 15.7 Å². The maximum absolute atomic E-state index is 9.27. The summed E-state index contributed by atoms with van der Waals surface area (Å²) >= 11 is 0. The highest BCUT2D eigenvalue weighted by Gasteiger charge is 2.33. The van der Waals surface area contributed by atoms with E-state index in [1.165, 1.54) is 32.2 Å². The number of guanidine groups is 1. The van der Waals surface area contributed by atoms with Crippen molar-refractivity contribution in [3.63, 3.8) is 0 Å². The van der Waals surface area contributed by atoms with Gasteiger partial charge in [-0.3, -0.25) is 9.89 Å². The second kappa shape index (κ2) is 13.2. The van der Waals surface area contributed by atoms with E-state index in [2.05, 4.69) is 36.3 Å². The fourth-order valence-corrected chi connectivity index (χ4v) is 3.51. The van der Waals surface area contributed by atoms with Gasteiger partial charge in [0, 0.05) is 45.4 Å². The molecule has 3 N–H and O–H groups in total. The van der Waals surface area contributed by atoms with Crippen molar-refractivity contribution in [3.8, 4) is 0 Å². The van der Waals surface area contributed by atoms with Gasteiger partial charge in [0.2, 0.25) is 0 Å². The number of rotatable bonds is 13. The average Bonchev–Trinajstić information content (AvgIpc) is 3.45. The van der Waals surface area contributed by atoms with Gasteiger partial charge in [-0.15, -0.1) is 24.0 Å². The smallest absolute Gasteiger partial charge is 0.191 e. The average molecular weight is 480 g/mol. The molecule has 0 radical (unpaired) electrons. The third kappa shape index (κ3) is 10.3. The van der Waals surface area contributed by atoms with Crippen molar-refractivity contribution in [2.24, 2.45) is 22.7 Å². The number of halogens is 1. The standard InChI is InChI=1S/C20H40N4O.HI/c1-4-21-20(23-14-18(9-12-25)13-16(2)3)22-10-11-24(19-7-8-19)15-17-5-6-17;/h16-19,25H,4-15H2,1-3H3,(H2,21,22,23);1H. The van der Waals surface area contributed by atoms with Gasteiger partial charge in [0.15, 0.2) is 5.96 Å². The molecule has 0 amide bonds. The highest BCUT2D eigenvalue weighted by Crippen LogP contribution is 2.34. The van der Waals surface area contributed by atoms with E-state index in [9.17, 15) is 5.11 Å². The van der Waals surface area contributed by atoms with Crippen LogP contribution < -0.4 is 10.6 Å². The Kier molecular flexibility index (Phi) is 12.1. The second-order valence-corrected chi connectivity index (χ2v) is 8.32. The van der Waals surface area contributed by atoms with E-state index in [1.54, 1.807) is 0 Å². The molecule has 2 saturated carbocycles. The number of nitrogens with zero attached hydrogens (tertiary/aromatic N) is 2. The zero-order valence-corrected chi connectivity index (χ0v) is 19.4. The Bertz CT molecular complexity index is 397. The van der Waals surface area contributed by atoms with Crippen LogP contribution in [0.25, 0.3) is 0 Å². The second-order valence-electron chi connectivity index (χ2n) is 8.32. The lowest BCUT2D eigenvalue weighted by Crippen LogP contribution is -2.42. The normalized spacial score (nSPS) is 18.8. The van der Waals surface area contributed by atoms with Crippen LogP contribution in [0.4, 0.5) is 0 Å². The SMILES string of the molecule is CCNC(=NCC(CCO)CC(C)C)NCCN(CC1CC1)C1CC1.I. The number of aliphatic hydroxyl groups excluding tert-OH is 1. The van der Waals surface area contributed by atoms with Crippen molar-refractivity contribution in [1.82, 2.24) is 15.5 Å². The molecule has 5 nitrogen and oxygen atoms in total. The Morgan fingerprint density at radius 1 is 1.19 bits per heavy atom. The first kappa shape index (κ1) is 24.0. The predicted octanol–water partition coefficient (Wildman–Crippen LogP) is 3.08. The lowest BCUT2D eigenvalue weighted by Gasteiger charge is -2.23. The van der Waals surface area contributed by atoms with E-state index in [0.717, 1.165) is 56.9 Å². The maximum Gasteiger partial charge on any atom is 0.191 e. The Morgan fingerprint density at radius 3 is 2.46 bits per heavy atom. The summed E-state index contributed by atoms with van der Waals surface area (Å²) in [6.45, 7) is 11.9. The van der Waals surface area contributed by atoms with Gasteiger partial charge in [-0.25, -0.2) is 0 Å². The van der Waals surface area contributed by atoms with E-state index < -0.39 is 0 Å².